The van der Waals surface area contributed by atoms with Crippen molar-refractivity contribution >= 4 is 34.9 Å². The van der Waals surface area contributed by atoms with Gasteiger partial charge in [0.05, 0.1) is 0 Å². The summed E-state index contributed by atoms with van der Waals surface area (Å²) in [5.41, 5.74) is -0.117. The van der Waals surface area contributed by atoms with Crippen molar-refractivity contribution in [2.75, 3.05) is 0 Å². The number of benzene rings is 1. The SMILES string of the molecule is O=C(NC1CCCC1)C1C(=O)c2cc3c(cc2C1=O)C(=O)C(C(=O)NC1CCCC1)C3=O. The second kappa shape index (κ2) is 7.76. The Labute approximate surface area is 184 Å². The van der Waals surface area contributed by atoms with E-state index in [2.05, 4.69) is 10.6 Å². The van der Waals surface area contributed by atoms with E-state index < -0.39 is 46.8 Å². The molecule has 0 aliphatic heterocycles. The number of hydrogen-bond acceptors (Lipinski definition) is 6. The van der Waals surface area contributed by atoms with Gasteiger partial charge in [-0.05, 0) is 37.8 Å². The van der Waals surface area contributed by atoms with E-state index in [0.29, 0.717) is 0 Å². The maximum atomic E-state index is 12.9. The average molecular weight is 436 g/mol. The summed E-state index contributed by atoms with van der Waals surface area (Å²) < 4.78 is 0. The molecule has 2 fully saturated rings. The van der Waals surface area contributed by atoms with Gasteiger partial charge in [0.25, 0.3) is 0 Å². The van der Waals surface area contributed by atoms with Crippen LogP contribution in [0.4, 0.5) is 0 Å². The third kappa shape index (κ3) is 3.20. The van der Waals surface area contributed by atoms with Gasteiger partial charge in [-0.15, -0.1) is 0 Å². The molecule has 5 rings (SSSR count). The molecular formula is C24H24N2O6. The monoisotopic (exact) mass is 436 g/mol. The van der Waals surface area contributed by atoms with E-state index in [1.165, 1.54) is 12.1 Å². The summed E-state index contributed by atoms with van der Waals surface area (Å²) in [6.45, 7) is 0. The minimum absolute atomic E-state index is 0.0293. The van der Waals surface area contributed by atoms with E-state index in [0.717, 1.165) is 51.4 Å². The van der Waals surface area contributed by atoms with Crippen LogP contribution in [0.3, 0.4) is 0 Å². The Morgan fingerprint density at radius 1 is 0.562 bits per heavy atom. The Morgan fingerprint density at radius 3 is 1.12 bits per heavy atom. The molecule has 8 heteroatoms. The summed E-state index contributed by atoms with van der Waals surface area (Å²) in [5.74, 6) is -6.89. The molecular weight excluding hydrogens is 412 g/mol. The molecule has 8 nitrogen and oxygen atoms in total. The largest absolute Gasteiger partial charge is 0.352 e. The third-order valence-corrected chi connectivity index (χ3v) is 7.20. The Hall–Kier alpha value is -3.16. The van der Waals surface area contributed by atoms with Crippen LogP contribution in [0.5, 0.6) is 0 Å². The van der Waals surface area contributed by atoms with Crippen molar-refractivity contribution in [1.82, 2.24) is 10.6 Å². The van der Waals surface area contributed by atoms with Gasteiger partial charge in [0.15, 0.2) is 35.0 Å². The average Bonchev–Trinajstić information content (AvgIpc) is 3.53. The summed E-state index contributed by atoms with van der Waals surface area (Å²) in [6, 6.07) is 2.35. The van der Waals surface area contributed by atoms with Gasteiger partial charge in [0.1, 0.15) is 0 Å². The van der Waals surface area contributed by atoms with Crippen LogP contribution >= 0.6 is 0 Å². The van der Waals surface area contributed by atoms with Crippen molar-refractivity contribution in [1.29, 1.82) is 0 Å². The predicted molar refractivity (Wildman–Crippen MR) is 112 cm³/mol. The minimum atomic E-state index is -1.49. The molecule has 32 heavy (non-hydrogen) atoms. The van der Waals surface area contributed by atoms with Crippen molar-refractivity contribution in [3.63, 3.8) is 0 Å². The fraction of sp³-hybridized carbons (Fsp3) is 0.500. The molecule has 0 spiro atoms. The van der Waals surface area contributed by atoms with E-state index in [1.54, 1.807) is 0 Å². The summed E-state index contributed by atoms with van der Waals surface area (Å²) in [7, 11) is 0. The standard InChI is InChI=1S/C24H24N2O6/c27-19-13-9-15-16(22(30)18(21(15)29)24(32)26-12-7-3-4-8-12)10-14(13)20(28)17(19)23(31)25-11-5-1-2-6-11/h9-12,17-18H,1-8H2,(H,25,31)(H,26,32). The highest BCUT2D eigenvalue weighted by atomic mass is 16.2. The molecule has 4 aliphatic rings. The van der Waals surface area contributed by atoms with Crippen molar-refractivity contribution < 1.29 is 28.8 Å². The lowest BCUT2D eigenvalue weighted by molar-refractivity contribution is -0.124. The molecule has 0 bridgehead atoms. The molecule has 2 amide bonds. The highest BCUT2D eigenvalue weighted by Crippen LogP contribution is 2.36. The Kier molecular flexibility index (Phi) is 5.03. The minimum Gasteiger partial charge on any atom is -0.352 e. The maximum Gasteiger partial charge on any atom is 0.239 e. The fourth-order valence-electron chi connectivity index (χ4n) is 5.46. The summed E-state index contributed by atoms with van der Waals surface area (Å²) in [5, 5.41) is 5.56. The van der Waals surface area contributed by atoms with Crippen LogP contribution in [0, 0.1) is 11.8 Å². The van der Waals surface area contributed by atoms with Gasteiger partial charge in [-0.1, -0.05) is 25.7 Å². The van der Waals surface area contributed by atoms with Gasteiger partial charge in [-0.25, -0.2) is 0 Å². The molecule has 0 aromatic heterocycles. The zero-order chi connectivity index (χ0) is 22.6. The fourth-order valence-corrected chi connectivity index (χ4v) is 5.46. The van der Waals surface area contributed by atoms with Gasteiger partial charge < -0.3 is 10.6 Å². The first-order chi connectivity index (χ1) is 15.4. The zero-order valence-corrected chi connectivity index (χ0v) is 17.6. The van der Waals surface area contributed by atoms with Gasteiger partial charge in [-0.2, -0.15) is 0 Å². The first kappa shape index (κ1) is 20.7. The highest BCUT2D eigenvalue weighted by Gasteiger charge is 2.49. The summed E-state index contributed by atoms with van der Waals surface area (Å²) in [4.78, 5) is 76.9. The molecule has 1 aromatic carbocycles. The van der Waals surface area contributed by atoms with Gasteiger partial charge >= 0.3 is 0 Å². The van der Waals surface area contributed by atoms with E-state index in [1.807, 2.05) is 0 Å². The number of amides is 2. The zero-order valence-electron chi connectivity index (χ0n) is 17.6. The number of nitrogens with one attached hydrogen (secondary N) is 2. The number of rotatable bonds is 4. The van der Waals surface area contributed by atoms with Crippen molar-refractivity contribution in [2.45, 2.75) is 63.5 Å². The normalized spacial score (nSPS) is 22.0. The maximum absolute atomic E-state index is 12.9. The van der Waals surface area contributed by atoms with Gasteiger partial charge in [-0.3, -0.25) is 28.8 Å². The Bertz CT molecular complexity index is 942. The van der Waals surface area contributed by atoms with E-state index in [-0.39, 0.29) is 34.3 Å². The second-order valence-corrected chi connectivity index (χ2v) is 9.25. The number of fused-ring (bicyclic) bond motifs is 2. The molecule has 0 radical (unpaired) electrons. The molecule has 0 saturated heterocycles. The van der Waals surface area contributed by atoms with Crippen LogP contribution in [-0.2, 0) is 9.59 Å². The van der Waals surface area contributed by atoms with Crippen LogP contribution in [0.25, 0.3) is 0 Å². The molecule has 2 saturated carbocycles. The molecule has 0 unspecified atom stereocenters. The summed E-state index contributed by atoms with van der Waals surface area (Å²) >= 11 is 0. The van der Waals surface area contributed by atoms with Crippen LogP contribution in [0.1, 0.15) is 92.8 Å². The van der Waals surface area contributed by atoms with Crippen molar-refractivity contribution in [3.8, 4) is 0 Å². The molecule has 0 atom stereocenters. The molecule has 4 aliphatic carbocycles. The lowest BCUT2D eigenvalue weighted by atomic mass is 10.0. The van der Waals surface area contributed by atoms with Crippen LogP contribution in [0.15, 0.2) is 12.1 Å². The van der Waals surface area contributed by atoms with Crippen molar-refractivity contribution in [3.05, 3.63) is 34.4 Å². The topological polar surface area (TPSA) is 126 Å². The summed E-state index contributed by atoms with van der Waals surface area (Å²) in [6.07, 6.45) is 7.22. The van der Waals surface area contributed by atoms with Crippen molar-refractivity contribution in [2.24, 2.45) is 11.8 Å². The quantitative estimate of drug-likeness (QED) is 0.693. The van der Waals surface area contributed by atoms with Gasteiger partial charge in [0.2, 0.25) is 11.8 Å². The number of ketones is 4. The number of Topliss-reactive ketones (excluding diaryl/α,β-unsaturated/α-hetero) is 4. The first-order valence-corrected chi connectivity index (χ1v) is 11.3. The number of hydrogen-bond donors (Lipinski definition) is 2. The Balaban J connectivity index is 1.39. The number of carbonyl (C=O) groups is 6. The van der Waals surface area contributed by atoms with Gasteiger partial charge in [0, 0.05) is 34.3 Å². The molecule has 166 valence electrons. The molecule has 0 heterocycles. The lowest BCUT2D eigenvalue weighted by Crippen LogP contribution is -2.41. The van der Waals surface area contributed by atoms with E-state index in [4.69, 9.17) is 0 Å². The Morgan fingerprint density at radius 2 is 0.844 bits per heavy atom. The first-order valence-electron chi connectivity index (χ1n) is 11.3. The lowest BCUT2D eigenvalue weighted by Gasteiger charge is -2.14. The van der Waals surface area contributed by atoms with Crippen LogP contribution in [-0.4, -0.2) is 47.0 Å². The van der Waals surface area contributed by atoms with Crippen LogP contribution < -0.4 is 10.6 Å². The second-order valence-electron chi connectivity index (χ2n) is 9.25. The van der Waals surface area contributed by atoms with E-state index >= 15 is 0 Å². The highest BCUT2D eigenvalue weighted by molar-refractivity contribution is 6.39. The third-order valence-electron chi connectivity index (χ3n) is 7.20. The van der Waals surface area contributed by atoms with E-state index in [9.17, 15) is 28.8 Å². The smallest absolute Gasteiger partial charge is 0.239 e. The predicted octanol–water partition coefficient (Wildman–Crippen LogP) is 1.79. The molecule has 2 N–H and O–H groups in total. The number of carbonyl (C=O) groups excluding carboxylic acids is 6. The molecule has 1 aromatic rings. The van der Waals surface area contributed by atoms with Crippen LogP contribution in [0.2, 0.25) is 0 Å².